The number of nitrogens with zero attached hydrogens (tertiary/aromatic N) is 2. The van der Waals surface area contributed by atoms with Crippen molar-refractivity contribution in [3.63, 3.8) is 0 Å². The first-order valence-electron chi connectivity index (χ1n) is 8.63. The molecule has 1 atom stereocenters. The van der Waals surface area contributed by atoms with Crippen molar-refractivity contribution >= 4 is 11.7 Å². The number of carbonyl (C=O) groups excluding carboxylic acids is 1. The van der Waals surface area contributed by atoms with E-state index in [0.717, 1.165) is 31.5 Å². The van der Waals surface area contributed by atoms with Crippen molar-refractivity contribution in [1.29, 1.82) is 0 Å². The lowest BCUT2D eigenvalue weighted by molar-refractivity contribution is 0.0924. The van der Waals surface area contributed by atoms with Gasteiger partial charge < -0.3 is 11.1 Å². The Bertz CT molecular complexity index is 696. The van der Waals surface area contributed by atoms with Crippen molar-refractivity contribution in [1.82, 2.24) is 15.2 Å². The molecule has 5 nitrogen and oxygen atoms in total. The summed E-state index contributed by atoms with van der Waals surface area (Å²) in [6.45, 7) is 2.44. The second kappa shape index (κ2) is 8.07. The number of carbonyl (C=O) groups is 1. The highest BCUT2D eigenvalue weighted by atomic mass is 19.1. The monoisotopic (exact) mass is 342 g/mol. The number of rotatable bonds is 5. The summed E-state index contributed by atoms with van der Waals surface area (Å²) in [5, 5.41) is 2.97. The van der Waals surface area contributed by atoms with Gasteiger partial charge >= 0.3 is 0 Å². The number of likely N-dealkylation sites (tertiary alicyclic amines) is 1. The molecule has 0 radical (unpaired) electrons. The first kappa shape index (κ1) is 17.4. The van der Waals surface area contributed by atoms with Crippen LogP contribution in [0.25, 0.3) is 0 Å². The summed E-state index contributed by atoms with van der Waals surface area (Å²) in [4.78, 5) is 18.7. The molecule has 0 unspecified atom stereocenters. The number of nitrogens with one attached hydrogen (secondary N) is 1. The number of amides is 1. The number of aromatic nitrogens is 1. The Balaban J connectivity index is 1.71. The van der Waals surface area contributed by atoms with Crippen LogP contribution in [0, 0.1) is 5.82 Å². The summed E-state index contributed by atoms with van der Waals surface area (Å²) in [6.07, 6.45) is 5.00. The van der Waals surface area contributed by atoms with E-state index in [1.165, 1.54) is 24.8 Å². The first-order valence-corrected chi connectivity index (χ1v) is 8.63. The topological polar surface area (TPSA) is 71.2 Å². The fraction of sp³-hybridized carbons (Fsp3) is 0.368. The molecule has 1 saturated heterocycles. The second-order valence-corrected chi connectivity index (χ2v) is 6.35. The Morgan fingerprint density at radius 3 is 2.52 bits per heavy atom. The molecule has 1 aromatic heterocycles. The van der Waals surface area contributed by atoms with Gasteiger partial charge in [0.25, 0.3) is 5.91 Å². The van der Waals surface area contributed by atoms with Gasteiger partial charge in [-0.2, -0.15) is 0 Å². The Labute approximate surface area is 147 Å². The van der Waals surface area contributed by atoms with Gasteiger partial charge in [0.15, 0.2) is 0 Å². The average Bonchev–Trinajstić information content (AvgIpc) is 2.64. The van der Waals surface area contributed by atoms with E-state index in [0.29, 0.717) is 17.9 Å². The molecule has 2 aromatic rings. The second-order valence-electron chi connectivity index (χ2n) is 6.35. The molecule has 0 saturated carbocycles. The molecule has 2 heterocycles. The van der Waals surface area contributed by atoms with Gasteiger partial charge in [0.1, 0.15) is 11.6 Å². The third-order valence-corrected chi connectivity index (χ3v) is 4.59. The molecule has 25 heavy (non-hydrogen) atoms. The van der Waals surface area contributed by atoms with Crippen LogP contribution in [-0.4, -0.2) is 35.4 Å². The average molecular weight is 342 g/mol. The highest BCUT2D eigenvalue weighted by Gasteiger charge is 2.23. The van der Waals surface area contributed by atoms with Crippen LogP contribution < -0.4 is 11.1 Å². The Kier molecular flexibility index (Phi) is 5.60. The molecule has 3 N–H and O–H groups in total. The number of benzene rings is 1. The largest absolute Gasteiger partial charge is 0.384 e. The van der Waals surface area contributed by atoms with E-state index in [2.05, 4.69) is 15.2 Å². The van der Waals surface area contributed by atoms with Crippen LogP contribution in [-0.2, 0) is 0 Å². The molecule has 1 fully saturated rings. The maximum Gasteiger partial charge on any atom is 0.252 e. The van der Waals surface area contributed by atoms with Gasteiger partial charge in [-0.25, -0.2) is 9.37 Å². The number of nitrogen functional groups attached to an aromatic ring is 1. The van der Waals surface area contributed by atoms with E-state index in [9.17, 15) is 9.18 Å². The summed E-state index contributed by atoms with van der Waals surface area (Å²) < 4.78 is 13.3. The Morgan fingerprint density at radius 2 is 1.88 bits per heavy atom. The number of hydrogen-bond acceptors (Lipinski definition) is 4. The van der Waals surface area contributed by atoms with Crippen molar-refractivity contribution in [2.75, 3.05) is 25.4 Å². The Hall–Kier alpha value is -2.47. The van der Waals surface area contributed by atoms with Crippen LogP contribution in [0.2, 0.25) is 0 Å². The number of piperidine rings is 1. The number of nitrogens with two attached hydrogens (primary N) is 1. The normalized spacial score (nSPS) is 16.4. The van der Waals surface area contributed by atoms with Crippen LogP contribution in [0.1, 0.15) is 41.2 Å². The highest BCUT2D eigenvalue weighted by molar-refractivity contribution is 5.94. The maximum absolute atomic E-state index is 13.3. The van der Waals surface area contributed by atoms with Gasteiger partial charge in [-0.3, -0.25) is 9.69 Å². The lowest BCUT2D eigenvalue weighted by Gasteiger charge is -2.35. The summed E-state index contributed by atoms with van der Waals surface area (Å²) in [6, 6.07) is 9.83. The van der Waals surface area contributed by atoms with E-state index in [1.807, 2.05) is 0 Å². The zero-order valence-electron chi connectivity index (χ0n) is 14.1. The minimum absolute atomic E-state index is 0.0339. The molecule has 0 bridgehead atoms. The van der Waals surface area contributed by atoms with Gasteiger partial charge in [0.2, 0.25) is 0 Å². The molecule has 1 aliphatic rings. The number of halogens is 1. The number of anilines is 1. The third kappa shape index (κ3) is 4.54. The summed E-state index contributed by atoms with van der Waals surface area (Å²) in [5.41, 5.74) is 7.05. The lowest BCUT2D eigenvalue weighted by atomic mass is 10.0. The van der Waals surface area contributed by atoms with E-state index in [1.54, 1.807) is 24.3 Å². The van der Waals surface area contributed by atoms with E-state index in [4.69, 9.17) is 5.73 Å². The quantitative estimate of drug-likeness (QED) is 0.876. The van der Waals surface area contributed by atoms with Gasteiger partial charge in [0, 0.05) is 12.7 Å². The van der Waals surface area contributed by atoms with Crippen molar-refractivity contribution in [3.05, 3.63) is 59.5 Å². The molecular formula is C19H23FN4O. The molecule has 6 heteroatoms. The maximum atomic E-state index is 13.3. The van der Waals surface area contributed by atoms with Crippen molar-refractivity contribution in [2.24, 2.45) is 0 Å². The van der Waals surface area contributed by atoms with Crippen LogP contribution in [0.3, 0.4) is 0 Å². The first-order chi connectivity index (χ1) is 12.1. The minimum Gasteiger partial charge on any atom is -0.384 e. The predicted molar refractivity (Wildman–Crippen MR) is 95.5 cm³/mol. The van der Waals surface area contributed by atoms with E-state index >= 15 is 0 Å². The SMILES string of the molecule is Nc1ccc(C(=O)NC[C@@H](c2ccc(F)cc2)N2CCCCC2)cn1. The Morgan fingerprint density at radius 1 is 1.16 bits per heavy atom. The van der Waals surface area contributed by atoms with Crippen LogP contribution in [0.5, 0.6) is 0 Å². The smallest absolute Gasteiger partial charge is 0.252 e. The molecule has 3 rings (SSSR count). The number of hydrogen-bond donors (Lipinski definition) is 2. The van der Waals surface area contributed by atoms with Crippen LogP contribution >= 0.6 is 0 Å². The highest BCUT2D eigenvalue weighted by Crippen LogP contribution is 2.24. The molecule has 1 aliphatic heterocycles. The van der Waals surface area contributed by atoms with E-state index < -0.39 is 0 Å². The molecule has 132 valence electrons. The molecular weight excluding hydrogens is 319 g/mol. The fourth-order valence-corrected chi connectivity index (χ4v) is 3.20. The fourth-order valence-electron chi connectivity index (χ4n) is 3.20. The van der Waals surface area contributed by atoms with Crippen molar-refractivity contribution < 1.29 is 9.18 Å². The third-order valence-electron chi connectivity index (χ3n) is 4.59. The summed E-state index contributed by atoms with van der Waals surface area (Å²) in [5.74, 6) is -0.0520. The standard InChI is InChI=1S/C19H23FN4O/c20-16-7-4-14(5-8-16)17(24-10-2-1-3-11-24)13-23-19(25)15-6-9-18(21)22-12-15/h4-9,12,17H,1-3,10-11,13H2,(H2,21,22)(H,23,25)/t17-/m0/s1. The molecule has 1 amide bonds. The van der Waals surface area contributed by atoms with Gasteiger partial charge in [-0.05, 0) is 55.8 Å². The minimum atomic E-state index is -0.252. The molecule has 1 aromatic carbocycles. The number of pyridine rings is 1. The van der Waals surface area contributed by atoms with Crippen molar-refractivity contribution in [3.8, 4) is 0 Å². The van der Waals surface area contributed by atoms with Gasteiger partial charge in [-0.1, -0.05) is 18.6 Å². The zero-order valence-corrected chi connectivity index (χ0v) is 14.1. The summed E-state index contributed by atoms with van der Waals surface area (Å²) in [7, 11) is 0. The molecule has 0 spiro atoms. The van der Waals surface area contributed by atoms with Gasteiger partial charge in [0.05, 0.1) is 11.6 Å². The van der Waals surface area contributed by atoms with Crippen LogP contribution in [0.4, 0.5) is 10.2 Å². The lowest BCUT2D eigenvalue weighted by Crippen LogP contribution is -2.40. The van der Waals surface area contributed by atoms with E-state index in [-0.39, 0.29) is 17.8 Å². The summed E-state index contributed by atoms with van der Waals surface area (Å²) >= 11 is 0. The predicted octanol–water partition coefficient (Wildman–Crippen LogP) is 2.76. The van der Waals surface area contributed by atoms with Crippen molar-refractivity contribution in [2.45, 2.75) is 25.3 Å². The zero-order chi connectivity index (χ0) is 17.6. The van der Waals surface area contributed by atoms with Gasteiger partial charge in [-0.15, -0.1) is 0 Å². The molecule has 0 aliphatic carbocycles. The van der Waals surface area contributed by atoms with Crippen LogP contribution in [0.15, 0.2) is 42.6 Å².